The first-order valence-corrected chi connectivity index (χ1v) is 6.03. The van der Waals surface area contributed by atoms with Gasteiger partial charge in [0.15, 0.2) is 5.82 Å². The van der Waals surface area contributed by atoms with Gasteiger partial charge in [-0.05, 0) is 28.1 Å². The molecule has 5 nitrogen and oxygen atoms in total. The van der Waals surface area contributed by atoms with Crippen molar-refractivity contribution in [3.05, 3.63) is 28.5 Å². The molecule has 0 atom stereocenters. The van der Waals surface area contributed by atoms with Gasteiger partial charge >= 0.3 is 0 Å². The van der Waals surface area contributed by atoms with Gasteiger partial charge in [0.05, 0.1) is 10.2 Å². The van der Waals surface area contributed by atoms with Gasteiger partial charge in [-0.2, -0.15) is 14.9 Å². The molecule has 17 heavy (non-hydrogen) atoms. The first-order chi connectivity index (χ1) is 7.91. The van der Waals surface area contributed by atoms with Crippen molar-refractivity contribution in [2.24, 2.45) is 0 Å². The molecule has 2 heterocycles. The molecule has 2 aromatic heterocycles. The van der Waals surface area contributed by atoms with Gasteiger partial charge in [0, 0.05) is 11.6 Å². The number of nitrogens with two attached hydrogens (primary N) is 1. The highest BCUT2D eigenvalue weighted by atomic mass is 79.9. The SMILES string of the molecule is CC(C)(C)c1nn(-c2cccnn2)c(N)c1Br. The standard InChI is InChI=1S/C11H14BrN5/c1-11(2,3)9-8(12)10(13)17(16-9)7-5-4-6-14-15-7/h4-6H,13H2,1-3H3. The molecule has 0 radical (unpaired) electrons. The number of rotatable bonds is 1. The Morgan fingerprint density at radius 3 is 2.53 bits per heavy atom. The molecule has 0 saturated carbocycles. The largest absolute Gasteiger partial charge is 0.383 e. The average molecular weight is 296 g/mol. The number of anilines is 1. The minimum absolute atomic E-state index is 0.0829. The number of nitrogens with zero attached hydrogens (tertiary/aromatic N) is 4. The first-order valence-electron chi connectivity index (χ1n) is 5.24. The third-order valence-electron chi connectivity index (χ3n) is 2.35. The van der Waals surface area contributed by atoms with Crippen molar-refractivity contribution in [3.8, 4) is 5.82 Å². The monoisotopic (exact) mass is 295 g/mol. The lowest BCUT2D eigenvalue weighted by atomic mass is 9.92. The van der Waals surface area contributed by atoms with Gasteiger partial charge in [0.1, 0.15) is 5.82 Å². The van der Waals surface area contributed by atoms with E-state index in [1.54, 1.807) is 16.9 Å². The van der Waals surface area contributed by atoms with E-state index in [4.69, 9.17) is 5.73 Å². The zero-order valence-corrected chi connectivity index (χ0v) is 11.6. The van der Waals surface area contributed by atoms with Gasteiger partial charge in [0.2, 0.25) is 0 Å². The summed E-state index contributed by atoms with van der Waals surface area (Å²) in [6.07, 6.45) is 1.61. The Balaban J connectivity index is 2.59. The normalized spacial score (nSPS) is 11.8. The molecule has 0 bridgehead atoms. The molecular weight excluding hydrogens is 282 g/mol. The topological polar surface area (TPSA) is 69.6 Å². The summed E-state index contributed by atoms with van der Waals surface area (Å²) >= 11 is 3.48. The van der Waals surface area contributed by atoms with Crippen molar-refractivity contribution >= 4 is 21.7 Å². The zero-order chi connectivity index (χ0) is 12.6. The lowest BCUT2D eigenvalue weighted by Gasteiger charge is -2.15. The summed E-state index contributed by atoms with van der Waals surface area (Å²) in [5.74, 6) is 1.15. The molecule has 0 aromatic carbocycles. The van der Waals surface area contributed by atoms with Crippen LogP contribution in [0.1, 0.15) is 26.5 Å². The molecule has 0 amide bonds. The molecule has 0 aliphatic heterocycles. The highest BCUT2D eigenvalue weighted by molar-refractivity contribution is 9.10. The van der Waals surface area contributed by atoms with Crippen LogP contribution in [-0.2, 0) is 5.41 Å². The molecule has 2 N–H and O–H groups in total. The van der Waals surface area contributed by atoms with E-state index in [0.29, 0.717) is 11.6 Å². The van der Waals surface area contributed by atoms with E-state index in [9.17, 15) is 0 Å². The van der Waals surface area contributed by atoms with Gasteiger partial charge in [-0.15, -0.1) is 5.10 Å². The Hall–Kier alpha value is -1.43. The predicted molar refractivity (Wildman–Crippen MR) is 70.0 cm³/mol. The van der Waals surface area contributed by atoms with Crippen LogP contribution in [-0.4, -0.2) is 20.0 Å². The number of hydrogen-bond acceptors (Lipinski definition) is 4. The van der Waals surface area contributed by atoms with Crippen molar-refractivity contribution in [3.63, 3.8) is 0 Å². The van der Waals surface area contributed by atoms with Crippen LogP contribution >= 0.6 is 15.9 Å². The van der Waals surface area contributed by atoms with E-state index in [1.165, 1.54) is 0 Å². The Kier molecular flexibility index (Phi) is 2.91. The van der Waals surface area contributed by atoms with Gasteiger partial charge < -0.3 is 5.73 Å². The van der Waals surface area contributed by atoms with Crippen LogP contribution in [0.25, 0.3) is 5.82 Å². The van der Waals surface area contributed by atoms with Gasteiger partial charge in [-0.25, -0.2) is 0 Å². The van der Waals surface area contributed by atoms with E-state index < -0.39 is 0 Å². The Morgan fingerprint density at radius 1 is 1.35 bits per heavy atom. The molecule has 2 aromatic rings. The summed E-state index contributed by atoms with van der Waals surface area (Å²) < 4.78 is 2.41. The van der Waals surface area contributed by atoms with Gasteiger partial charge in [-0.1, -0.05) is 20.8 Å². The fourth-order valence-electron chi connectivity index (χ4n) is 1.47. The smallest absolute Gasteiger partial charge is 0.178 e. The molecule has 0 fully saturated rings. The van der Waals surface area contributed by atoms with Crippen LogP contribution in [0, 0.1) is 0 Å². The van der Waals surface area contributed by atoms with Crippen molar-refractivity contribution < 1.29 is 0 Å². The molecule has 0 aliphatic carbocycles. The third-order valence-corrected chi connectivity index (χ3v) is 3.13. The fourth-order valence-corrected chi connectivity index (χ4v) is 2.31. The van der Waals surface area contributed by atoms with Crippen molar-refractivity contribution in [2.45, 2.75) is 26.2 Å². The minimum Gasteiger partial charge on any atom is -0.383 e. The first kappa shape index (κ1) is 12.0. The summed E-state index contributed by atoms with van der Waals surface area (Å²) in [5.41, 5.74) is 6.84. The van der Waals surface area contributed by atoms with E-state index in [2.05, 4.69) is 52.0 Å². The van der Waals surface area contributed by atoms with Gasteiger partial charge in [-0.3, -0.25) is 0 Å². The molecule has 0 spiro atoms. The Bertz CT molecular complexity index is 527. The summed E-state index contributed by atoms with van der Waals surface area (Å²) in [4.78, 5) is 0. The molecule has 0 aliphatic rings. The van der Waals surface area contributed by atoms with Crippen molar-refractivity contribution in [2.75, 3.05) is 5.73 Å². The maximum Gasteiger partial charge on any atom is 0.178 e. The maximum absolute atomic E-state index is 6.02. The molecule has 0 unspecified atom stereocenters. The second-order valence-electron chi connectivity index (χ2n) is 4.79. The van der Waals surface area contributed by atoms with E-state index in [1.807, 2.05) is 6.07 Å². The average Bonchev–Trinajstić information content (AvgIpc) is 2.57. The van der Waals surface area contributed by atoms with E-state index in [-0.39, 0.29) is 5.41 Å². The number of nitrogen functional groups attached to an aromatic ring is 1. The Morgan fingerprint density at radius 2 is 2.06 bits per heavy atom. The molecule has 6 heteroatoms. The fraction of sp³-hybridized carbons (Fsp3) is 0.364. The quantitative estimate of drug-likeness (QED) is 0.876. The summed E-state index contributed by atoms with van der Waals surface area (Å²) in [7, 11) is 0. The molecule has 2 rings (SSSR count). The summed E-state index contributed by atoms with van der Waals surface area (Å²) in [6, 6.07) is 3.61. The van der Waals surface area contributed by atoms with Crippen molar-refractivity contribution in [1.82, 2.24) is 20.0 Å². The van der Waals surface area contributed by atoms with E-state index in [0.717, 1.165) is 10.2 Å². The van der Waals surface area contributed by atoms with Crippen molar-refractivity contribution in [1.29, 1.82) is 0 Å². The maximum atomic E-state index is 6.02. The van der Waals surface area contributed by atoms with Crippen LogP contribution < -0.4 is 5.73 Å². The number of hydrogen-bond donors (Lipinski definition) is 1. The Labute approximate surface area is 108 Å². The third kappa shape index (κ3) is 2.17. The zero-order valence-electron chi connectivity index (χ0n) is 9.98. The number of halogens is 1. The molecule has 90 valence electrons. The number of aromatic nitrogens is 4. The minimum atomic E-state index is -0.0829. The highest BCUT2D eigenvalue weighted by Crippen LogP contribution is 2.33. The van der Waals surface area contributed by atoms with Crippen LogP contribution in [0.2, 0.25) is 0 Å². The van der Waals surface area contributed by atoms with Crippen LogP contribution in [0.3, 0.4) is 0 Å². The van der Waals surface area contributed by atoms with E-state index >= 15 is 0 Å². The second kappa shape index (κ2) is 4.10. The van der Waals surface area contributed by atoms with Crippen LogP contribution in [0.4, 0.5) is 5.82 Å². The highest BCUT2D eigenvalue weighted by Gasteiger charge is 2.25. The van der Waals surface area contributed by atoms with Crippen LogP contribution in [0.15, 0.2) is 22.8 Å². The molecule has 0 saturated heterocycles. The molecular formula is C11H14BrN5. The lowest BCUT2D eigenvalue weighted by molar-refractivity contribution is 0.556. The van der Waals surface area contributed by atoms with Gasteiger partial charge in [0.25, 0.3) is 0 Å². The second-order valence-corrected chi connectivity index (χ2v) is 5.58. The lowest BCUT2D eigenvalue weighted by Crippen LogP contribution is -2.13. The summed E-state index contributed by atoms with van der Waals surface area (Å²) in [6.45, 7) is 6.25. The predicted octanol–water partition coefficient (Wildman–Crippen LogP) is 2.30. The summed E-state index contributed by atoms with van der Waals surface area (Å²) in [5, 5.41) is 12.3. The van der Waals surface area contributed by atoms with Crippen LogP contribution in [0.5, 0.6) is 0 Å².